The minimum atomic E-state index is -0.615. The average molecular weight is 426 g/mol. The molecule has 0 aliphatic heterocycles. The van der Waals surface area contributed by atoms with Crippen LogP contribution in [-0.4, -0.2) is 39.7 Å². The number of ketones is 1. The van der Waals surface area contributed by atoms with Crippen molar-refractivity contribution < 1.29 is 28.5 Å². The lowest BCUT2D eigenvalue weighted by Gasteiger charge is -2.12. The quantitative estimate of drug-likeness (QED) is 0.296. The number of hydrogen-bond acceptors (Lipinski definition) is 7. The molecule has 0 saturated heterocycles. The third-order valence-corrected chi connectivity index (χ3v) is 5.86. The average Bonchev–Trinajstić information content (AvgIpc) is 3.11. The van der Waals surface area contributed by atoms with Gasteiger partial charge >= 0.3 is 5.97 Å². The van der Waals surface area contributed by atoms with Gasteiger partial charge in [0, 0.05) is 10.8 Å². The number of aryl methyl sites for hydroxylation is 1. The van der Waals surface area contributed by atoms with Crippen LogP contribution in [0.15, 0.2) is 42.5 Å². The molecule has 0 bridgehead atoms. The Labute approximate surface area is 178 Å². The summed E-state index contributed by atoms with van der Waals surface area (Å²) in [7, 11) is 4.55. The topological polar surface area (TPSA) is 71.1 Å². The molecule has 7 heteroatoms. The highest BCUT2D eigenvalue weighted by Crippen LogP contribution is 2.38. The van der Waals surface area contributed by atoms with Crippen molar-refractivity contribution in [1.82, 2.24) is 0 Å². The van der Waals surface area contributed by atoms with Crippen LogP contribution >= 0.6 is 11.3 Å². The molecule has 0 radical (unpaired) electrons. The smallest absolute Gasteiger partial charge is 0.331 e. The second-order valence-electron chi connectivity index (χ2n) is 6.38. The molecule has 0 fully saturated rings. The van der Waals surface area contributed by atoms with Crippen LogP contribution in [0.3, 0.4) is 0 Å². The molecule has 6 nitrogen and oxygen atoms in total. The van der Waals surface area contributed by atoms with E-state index in [2.05, 4.69) is 0 Å². The summed E-state index contributed by atoms with van der Waals surface area (Å²) < 4.78 is 22.0. The van der Waals surface area contributed by atoms with Crippen molar-refractivity contribution in [2.45, 2.75) is 6.92 Å². The number of Topliss-reactive ketones (excluding diaryl/α,β-unsaturated/α-hetero) is 1. The number of esters is 1. The van der Waals surface area contributed by atoms with Gasteiger partial charge in [-0.05, 0) is 47.7 Å². The number of benzene rings is 2. The van der Waals surface area contributed by atoms with Crippen LogP contribution in [-0.2, 0) is 9.53 Å². The molecule has 0 unspecified atom stereocenters. The summed E-state index contributed by atoms with van der Waals surface area (Å²) in [6, 6.07) is 11.2. The first kappa shape index (κ1) is 21.4. The third kappa shape index (κ3) is 4.46. The number of rotatable bonds is 8. The van der Waals surface area contributed by atoms with E-state index < -0.39 is 5.97 Å². The predicted octanol–water partition coefficient (Wildman–Crippen LogP) is 4.67. The van der Waals surface area contributed by atoms with Crippen LogP contribution in [0.4, 0.5) is 0 Å². The lowest BCUT2D eigenvalue weighted by atomic mass is 10.1. The molecule has 0 amide bonds. The van der Waals surface area contributed by atoms with Crippen LogP contribution in [0, 0.1) is 6.92 Å². The van der Waals surface area contributed by atoms with Gasteiger partial charge in [0.15, 0.2) is 18.1 Å². The third-order valence-electron chi connectivity index (χ3n) is 4.54. The SMILES string of the molecule is COc1cc(/C=C/C(=O)OCC(=O)c2sc3ccccc3c2C)cc(OC)c1OC. The standard InChI is InChI=1S/C23H22O6S/c1-14-16-7-5-6-8-20(16)30-23(14)17(24)13-29-21(25)10-9-15-11-18(26-2)22(28-4)19(12-15)27-3/h5-12H,13H2,1-4H3/b10-9+. The van der Waals surface area contributed by atoms with Crippen LogP contribution < -0.4 is 14.2 Å². The number of fused-ring (bicyclic) bond motifs is 1. The Morgan fingerprint density at radius 1 is 1.00 bits per heavy atom. The number of thiophene rings is 1. The first-order valence-corrected chi connectivity index (χ1v) is 9.96. The Bertz CT molecular complexity index is 1090. The lowest BCUT2D eigenvalue weighted by molar-refractivity contribution is -0.136. The Hall–Kier alpha value is -3.32. The van der Waals surface area contributed by atoms with E-state index in [0.717, 1.165) is 15.6 Å². The molecule has 1 heterocycles. The Morgan fingerprint density at radius 2 is 1.67 bits per heavy atom. The molecule has 0 aliphatic rings. The van der Waals surface area contributed by atoms with Gasteiger partial charge < -0.3 is 18.9 Å². The molecule has 0 N–H and O–H groups in total. The van der Waals surface area contributed by atoms with Gasteiger partial charge in [-0.1, -0.05) is 18.2 Å². The first-order valence-electron chi connectivity index (χ1n) is 9.14. The monoisotopic (exact) mass is 426 g/mol. The highest BCUT2D eigenvalue weighted by molar-refractivity contribution is 7.21. The molecule has 2 aromatic carbocycles. The number of carbonyl (C=O) groups is 2. The van der Waals surface area contributed by atoms with E-state index >= 15 is 0 Å². The van der Waals surface area contributed by atoms with Crippen LogP contribution in [0.2, 0.25) is 0 Å². The van der Waals surface area contributed by atoms with Crippen molar-refractivity contribution in [1.29, 1.82) is 0 Å². The maximum Gasteiger partial charge on any atom is 0.331 e. The van der Waals surface area contributed by atoms with E-state index in [-0.39, 0.29) is 12.4 Å². The van der Waals surface area contributed by atoms with Gasteiger partial charge in [0.1, 0.15) is 0 Å². The van der Waals surface area contributed by atoms with Crippen LogP contribution in [0.1, 0.15) is 20.8 Å². The second-order valence-corrected chi connectivity index (χ2v) is 7.43. The van der Waals surface area contributed by atoms with Crippen LogP contribution in [0.25, 0.3) is 16.2 Å². The molecule has 3 aromatic rings. The largest absolute Gasteiger partial charge is 0.493 e. The zero-order chi connectivity index (χ0) is 21.7. The normalized spacial score (nSPS) is 10.9. The summed E-state index contributed by atoms with van der Waals surface area (Å²) in [4.78, 5) is 25.2. The molecule has 156 valence electrons. The summed E-state index contributed by atoms with van der Waals surface area (Å²) in [5.74, 6) is 0.573. The van der Waals surface area contributed by atoms with Crippen molar-refractivity contribution in [2.75, 3.05) is 27.9 Å². The highest BCUT2D eigenvalue weighted by atomic mass is 32.1. The molecular weight excluding hydrogens is 404 g/mol. The highest BCUT2D eigenvalue weighted by Gasteiger charge is 2.17. The zero-order valence-electron chi connectivity index (χ0n) is 17.2. The van der Waals surface area contributed by atoms with Gasteiger partial charge in [0.05, 0.1) is 26.2 Å². The Balaban J connectivity index is 1.67. The van der Waals surface area contributed by atoms with E-state index in [1.54, 1.807) is 18.2 Å². The first-order chi connectivity index (χ1) is 14.5. The van der Waals surface area contributed by atoms with Gasteiger partial charge in [-0.15, -0.1) is 11.3 Å². The number of hydrogen-bond donors (Lipinski definition) is 0. The number of carbonyl (C=O) groups excluding carboxylic acids is 2. The van der Waals surface area contributed by atoms with Gasteiger partial charge in [-0.3, -0.25) is 4.79 Å². The summed E-state index contributed by atoms with van der Waals surface area (Å²) in [5, 5.41) is 1.04. The van der Waals surface area contributed by atoms with E-state index in [9.17, 15) is 9.59 Å². The maximum absolute atomic E-state index is 12.5. The fourth-order valence-electron chi connectivity index (χ4n) is 3.05. The Morgan fingerprint density at radius 3 is 2.27 bits per heavy atom. The minimum Gasteiger partial charge on any atom is -0.493 e. The van der Waals surface area contributed by atoms with Gasteiger partial charge in [0.2, 0.25) is 11.5 Å². The second kappa shape index (κ2) is 9.45. The van der Waals surface area contributed by atoms with E-state index in [1.165, 1.54) is 38.7 Å². The molecular formula is C23H22O6S. The summed E-state index contributed by atoms with van der Waals surface area (Å²) in [6.07, 6.45) is 2.81. The molecule has 0 saturated carbocycles. The van der Waals surface area contributed by atoms with E-state index in [4.69, 9.17) is 18.9 Å². The zero-order valence-corrected chi connectivity index (χ0v) is 18.0. The summed E-state index contributed by atoms with van der Waals surface area (Å²) in [6.45, 7) is 1.59. The van der Waals surface area contributed by atoms with Crippen LogP contribution in [0.5, 0.6) is 17.2 Å². The molecule has 3 rings (SSSR count). The molecule has 30 heavy (non-hydrogen) atoms. The minimum absolute atomic E-state index is 0.219. The molecule has 0 atom stereocenters. The summed E-state index contributed by atoms with van der Waals surface area (Å²) >= 11 is 1.41. The fourth-order valence-corrected chi connectivity index (χ4v) is 4.19. The van der Waals surface area contributed by atoms with Crippen molar-refractivity contribution in [3.05, 3.63) is 58.5 Å². The van der Waals surface area contributed by atoms with Crippen molar-refractivity contribution in [2.24, 2.45) is 0 Å². The fraction of sp³-hybridized carbons (Fsp3) is 0.217. The predicted molar refractivity (Wildman–Crippen MR) is 117 cm³/mol. The Kier molecular flexibility index (Phi) is 6.74. The van der Waals surface area contributed by atoms with E-state index in [1.807, 2.05) is 31.2 Å². The number of ether oxygens (including phenoxy) is 4. The van der Waals surface area contributed by atoms with Gasteiger partial charge in [-0.2, -0.15) is 0 Å². The summed E-state index contributed by atoms with van der Waals surface area (Å²) in [5.41, 5.74) is 1.57. The van der Waals surface area contributed by atoms with Gasteiger partial charge in [0.25, 0.3) is 0 Å². The van der Waals surface area contributed by atoms with Crippen molar-refractivity contribution in [3.8, 4) is 17.2 Å². The lowest BCUT2D eigenvalue weighted by Crippen LogP contribution is -2.12. The molecule has 1 aromatic heterocycles. The van der Waals surface area contributed by atoms with Crippen molar-refractivity contribution >= 4 is 39.3 Å². The van der Waals surface area contributed by atoms with Gasteiger partial charge in [-0.25, -0.2) is 4.79 Å². The van der Waals surface area contributed by atoms with Crippen molar-refractivity contribution in [3.63, 3.8) is 0 Å². The molecule has 0 spiro atoms. The van der Waals surface area contributed by atoms with E-state index in [0.29, 0.717) is 27.7 Å². The number of methoxy groups -OCH3 is 3. The molecule has 0 aliphatic carbocycles. The maximum atomic E-state index is 12.5.